The summed E-state index contributed by atoms with van der Waals surface area (Å²) in [5.74, 6) is 0. The van der Waals surface area contributed by atoms with Crippen LogP contribution < -0.4 is 5.32 Å². The maximum absolute atomic E-state index is 4.40. The molecule has 0 fully saturated rings. The SMILES string of the molecule is Cc1nc(C)c(CNCc2cccnc2)s1. The van der Waals surface area contributed by atoms with Crippen LogP contribution in [0.4, 0.5) is 0 Å². The standard InChI is InChI=1S/C12H15N3S/c1-9-12(16-10(2)15-9)8-14-7-11-4-3-5-13-6-11/h3-6,14H,7-8H2,1-2H3. The fraction of sp³-hybridized carbons (Fsp3) is 0.333. The number of thiazole rings is 1. The van der Waals surface area contributed by atoms with E-state index < -0.39 is 0 Å². The molecule has 0 radical (unpaired) electrons. The van der Waals surface area contributed by atoms with Crippen LogP contribution in [0.2, 0.25) is 0 Å². The second kappa shape index (κ2) is 5.18. The van der Waals surface area contributed by atoms with Crippen LogP contribution in [-0.2, 0) is 13.1 Å². The van der Waals surface area contributed by atoms with E-state index in [0.29, 0.717) is 0 Å². The molecule has 3 nitrogen and oxygen atoms in total. The molecule has 0 saturated heterocycles. The van der Waals surface area contributed by atoms with Gasteiger partial charge in [0.1, 0.15) is 0 Å². The maximum atomic E-state index is 4.40. The summed E-state index contributed by atoms with van der Waals surface area (Å²) in [6.45, 7) is 5.84. The van der Waals surface area contributed by atoms with E-state index in [4.69, 9.17) is 0 Å². The maximum Gasteiger partial charge on any atom is 0.0900 e. The normalized spacial score (nSPS) is 10.6. The molecule has 0 amide bonds. The fourth-order valence-electron chi connectivity index (χ4n) is 1.56. The lowest BCUT2D eigenvalue weighted by Crippen LogP contribution is -2.12. The Bertz CT molecular complexity index is 451. The van der Waals surface area contributed by atoms with Crippen LogP contribution in [0, 0.1) is 13.8 Å². The fourth-order valence-corrected chi connectivity index (χ4v) is 2.47. The summed E-state index contributed by atoms with van der Waals surface area (Å²) in [5.41, 5.74) is 2.35. The molecule has 0 aliphatic rings. The monoisotopic (exact) mass is 233 g/mol. The summed E-state index contributed by atoms with van der Waals surface area (Å²) >= 11 is 1.76. The van der Waals surface area contributed by atoms with Crippen molar-refractivity contribution in [1.29, 1.82) is 0 Å². The van der Waals surface area contributed by atoms with Crippen molar-refractivity contribution in [2.75, 3.05) is 0 Å². The number of hydrogen-bond donors (Lipinski definition) is 1. The number of aryl methyl sites for hydroxylation is 2. The topological polar surface area (TPSA) is 37.8 Å². The first-order chi connectivity index (χ1) is 7.75. The van der Waals surface area contributed by atoms with Gasteiger partial charge in [-0.05, 0) is 25.5 Å². The van der Waals surface area contributed by atoms with Gasteiger partial charge in [-0.1, -0.05) is 6.07 Å². The Morgan fingerprint density at radius 1 is 1.31 bits per heavy atom. The first-order valence-electron chi connectivity index (χ1n) is 5.28. The average Bonchev–Trinajstić information content (AvgIpc) is 2.59. The van der Waals surface area contributed by atoms with E-state index in [9.17, 15) is 0 Å². The third-order valence-corrected chi connectivity index (χ3v) is 3.41. The van der Waals surface area contributed by atoms with Gasteiger partial charge >= 0.3 is 0 Å². The van der Waals surface area contributed by atoms with Crippen molar-refractivity contribution >= 4 is 11.3 Å². The van der Waals surface area contributed by atoms with E-state index in [2.05, 4.69) is 28.3 Å². The van der Waals surface area contributed by atoms with Crippen LogP contribution in [0.25, 0.3) is 0 Å². The lowest BCUT2D eigenvalue weighted by atomic mass is 10.3. The summed E-state index contributed by atoms with van der Waals surface area (Å²) in [6, 6.07) is 4.03. The predicted molar refractivity (Wildman–Crippen MR) is 66.4 cm³/mol. The van der Waals surface area contributed by atoms with Gasteiger partial charge < -0.3 is 5.32 Å². The zero-order valence-electron chi connectivity index (χ0n) is 9.53. The van der Waals surface area contributed by atoms with Crippen molar-refractivity contribution < 1.29 is 0 Å². The molecule has 0 aliphatic heterocycles. The quantitative estimate of drug-likeness (QED) is 0.881. The van der Waals surface area contributed by atoms with Gasteiger partial charge in [-0.15, -0.1) is 11.3 Å². The molecule has 2 aromatic rings. The van der Waals surface area contributed by atoms with E-state index in [1.54, 1.807) is 17.5 Å². The van der Waals surface area contributed by atoms with E-state index in [1.165, 1.54) is 10.4 Å². The van der Waals surface area contributed by atoms with Crippen molar-refractivity contribution in [2.24, 2.45) is 0 Å². The first kappa shape index (κ1) is 11.2. The average molecular weight is 233 g/mol. The summed E-state index contributed by atoms with van der Waals surface area (Å²) in [4.78, 5) is 9.81. The molecule has 0 saturated carbocycles. The number of pyridine rings is 1. The van der Waals surface area contributed by atoms with Crippen LogP contribution in [-0.4, -0.2) is 9.97 Å². The number of nitrogens with zero attached hydrogens (tertiary/aromatic N) is 2. The highest BCUT2D eigenvalue weighted by atomic mass is 32.1. The van der Waals surface area contributed by atoms with E-state index >= 15 is 0 Å². The minimum Gasteiger partial charge on any atom is -0.308 e. The molecular formula is C12H15N3S. The Morgan fingerprint density at radius 2 is 2.19 bits per heavy atom. The highest BCUT2D eigenvalue weighted by molar-refractivity contribution is 7.11. The van der Waals surface area contributed by atoms with Gasteiger partial charge in [-0.3, -0.25) is 4.98 Å². The molecule has 1 N–H and O–H groups in total. The minimum atomic E-state index is 0.851. The van der Waals surface area contributed by atoms with Crippen molar-refractivity contribution in [3.8, 4) is 0 Å². The molecule has 2 aromatic heterocycles. The van der Waals surface area contributed by atoms with Gasteiger partial charge in [0.25, 0.3) is 0 Å². The minimum absolute atomic E-state index is 0.851. The Labute approximate surface area is 99.6 Å². The molecule has 0 aromatic carbocycles. The molecule has 2 heterocycles. The van der Waals surface area contributed by atoms with Gasteiger partial charge in [-0.25, -0.2) is 4.98 Å². The second-order valence-corrected chi connectivity index (χ2v) is 4.99. The van der Waals surface area contributed by atoms with E-state index in [-0.39, 0.29) is 0 Å². The smallest absolute Gasteiger partial charge is 0.0900 e. The largest absolute Gasteiger partial charge is 0.308 e. The molecule has 16 heavy (non-hydrogen) atoms. The lowest BCUT2D eigenvalue weighted by Gasteiger charge is -2.02. The van der Waals surface area contributed by atoms with E-state index in [0.717, 1.165) is 23.8 Å². The van der Waals surface area contributed by atoms with Crippen molar-refractivity contribution in [3.05, 3.63) is 45.7 Å². The third-order valence-electron chi connectivity index (χ3n) is 2.34. The summed E-state index contributed by atoms with van der Waals surface area (Å²) < 4.78 is 0. The lowest BCUT2D eigenvalue weighted by molar-refractivity contribution is 0.695. The van der Waals surface area contributed by atoms with Crippen molar-refractivity contribution in [3.63, 3.8) is 0 Å². The summed E-state index contributed by atoms with van der Waals surface area (Å²) in [5, 5.41) is 4.54. The predicted octanol–water partition coefficient (Wildman–Crippen LogP) is 2.44. The van der Waals surface area contributed by atoms with Crippen LogP contribution in [0.3, 0.4) is 0 Å². The van der Waals surface area contributed by atoms with Crippen molar-refractivity contribution in [1.82, 2.24) is 15.3 Å². The third kappa shape index (κ3) is 2.87. The van der Waals surface area contributed by atoms with Gasteiger partial charge in [0.05, 0.1) is 10.7 Å². The van der Waals surface area contributed by atoms with Crippen LogP contribution >= 0.6 is 11.3 Å². The van der Waals surface area contributed by atoms with Gasteiger partial charge in [0.2, 0.25) is 0 Å². The molecule has 0 atom stereocenters. The number of nitrogens with one attached hydrogen (secondary N) is 1. The molecule has 0 aliphatic carbocycles. The highest BCUT2D eigenvalue weighted by Crippen LogP contribution is 2.16. The number of rotatable bonds is 4. The molecule has 0 bridgehead atoms. The first-order valence-corrected chi connectivity index (χ1v) is 6.10. The Hall–Kier alpha value is -1.26. The Morgan fingerprint density at radius 3 is 2.81 bits per heavy atom. The zero-order chi connectivity index (χ0) is 11.4. The van der Waals surface area contributed by atoms with Crippen LogP contribution in [0.1, 0.15) is 21.1 Å². The van der Waals surface area contributed by atoms with Crippen LogP contribution in [0.15, 0.2) is 24.5 Å². The second-order valence-electron chi connectivity index (χ2n) is 3.71. The summed E-state index contributed by atoms with van der Waals surface area (Å²) in [7, 11) is 0. The molecule has 2 rings (SSSR count). The van der Waals surface area contributed by atoms with E-state index in [1.807, 2.05) is 19.2 Å². The molecule has 84 valence electrons. The van der Waals surface area contributed by atoms with Gasteiger partial charge in [-0.2, -0.15) is 0 Å². The summed E-state index contributed by atoms with van der Waals surface area (Å²) in [6.07, 6.45) is 3.68. The molecule has 0 spiro atoms. The molecule has 0 unspecified atom stereocenters. The Balaban J connectivity index is 1.87. The number of aromatic nitrogens is 2. The molecule has 4 heteroatoms. The molecular weight excluding hydrogens is 218 g/mol. The van der Waals surface area contributed by atoms with Crippen LogP contribution in [0.5, 0.6) is 0 Å². The van der Waals surface area contributed by atoms with Gasteiger partial charge in [0, 0.05) is 30.4 Å². The number of hydrogen-bond acceptors (Lipinski definition) is 4. The Kier molecular flexibility index (Phi) is 3.64. The zero-order valence-corrected chi connectivity index (χ0v) is 10.3. The highest BCUT2D eigenvalue weighted by Gasteiger charge is 2.03. The van der Waals surface area contributed by atoms with Crippen molar-refractivity contribution in [2.45, 2.75) is 26.9 Å². The van der Waals surface area contributed by atoms with Gasteiger partial charge in [0.15, 0.2) is 0 Å².